The average Bonchev–Trinajstić information content (AvgIpc) is 2.74. The van der Waals surface area contributed by atoms with Crippen LogP contribution >= 0.6 is 38.9 Å². The molecule has 2 aromatic rings. The molecule has 0 fully saturated rings. The number of halogens is 2. The molecule has 1 aromatic heterocycles. The van der Waals surface area contributed by atoms with Gasteiger partial charge < -0.3 is 4.90 Å². The molecule has 0 amide bonds. The highest BCUT2D eigenvalue weighted by Crippen LogP contribution is 2.28. The fourth-order valence-electron chi connectivity index (χ4n) is 1.67. The maximum atomic E-state index is 9.12. The van der Waals surface area contributed by atoms with E-state index in [1.807, 2.05) is 42.3 Å². The zero-order valence-electron chi connectivity index (χ0n) is 9.65. The summed E-state index contributed by atoms with van der Waals surface area (Å²) in [6.45, 7) is 0.739. The van der Waals surface area contributed by atoms with Gasteiger partial charge in [0.15, 0.2) is 0 Å². The molecule has 0 aliphatic heterocycles. The van der Waals surface area contributed by atoms with E-state index in [1.165, 1.54) is 4.88 Å². The third kappa shape index (κ3) is 3.05. The number of hydrogen-bond donors (Lipinski definition) is 0. The molecule has 0 unspecified atom stereocenters. The Balaban J connectivity index is 2.26. The highest BCUT2D eigenvalue weighted by molar-refractivity contribution is 9.10. The van der Waals surface area contributed by atoms with Crippen molar-refractivity contribution in [2.45, 2.75) is 6.54 Å². The Hall–Kier alpha value is -1.02. The summed E-state index contributed by atoms with van der Waals surface area (Å²) in [5, 5.41) is 9.12. The predicted molar refractivity (Wildman–Crippen MR) is 80.3 cm³/mol. The van der Waals surface area contributed by atoms with Gasteiger partial charge in [-0.2, -0.15) is 5.26 Å². The van der Waals surface area contributed by atoms with Crippen LogP contribution in [0.4, 0.5) is 5.69 Å². The van der Waals surface area contributed by atoms with Crippen LogP contribution in [0.1, 0.15) is 10.4 Å². The van der Waals surface area contributed by atoms with Gasteiger partial charge in [-0.15, -0.1) is 11.3 Å². The molecule has 0 saturated heterocycles. The standard InChI is InChI=1S/C13H10BrClN2S/c1-17(8-11-4-5-13(15)18-11)12-6-10(14)3-2-9(12)7-16/h2-6H,8H2,1H3. The smallest absolute Gasteiger partial charge is 0.101 e. The van der Waals surface area contributed by atoms with Crippen molar-refractivity contribution in [3.05, 3.63) is 49.6 Å². The van der Waals surface area contributed by atoms with Gasteiger partial charge >= 0.3 is 0 Å². The number of nitriles is 1. The largest absolute Gasteiger partial charge is 0.368 e. The lowest BCUT2D eigenvalue weighted by atomic mass is 10.2. The molecule has 0 aliphatic rings. The summed E-state index contributed by atoms with van der Waals surface area (Å²) in [6.07, 6.45) is 0. The Morgan fingerprint density at radius 2 is 2.17 bits per heavy atom. The SMILES string of the molecule is CN(Cc1ccc(Cl)s1)c1cc(Br)ccc1C#N. The number of benzene rings is 1. The monoisotopic (exact) mass is 340 g/mol. The van der Waals surface area contributed by atoms with Crippen LogP contribution in [0, 0.1) is 11.3 Å². The summed E-state index contributed by atoms with van der Waals surface area (Å²) in [4.78, 5) is 3.22. The van der Waals surface area contributed by atoms with Gasteiger partial charge in [-0.3, -0.25) is 0 Å². The third-order valence-electron chi connectivity index (χ3n) is 2.51. The molecule has 5 heteroatoms. The van der Waals surface area contributed by atoms with E-state index in [0.29, 0.717) is 5.56 Å². The van der Waals surface area contributed by atoms with Crippen molar-refractivity contribution in [2.75, 3.05) is 11.9 Å². The number of anilines is 1. The lowest BCUT2D eigenvalue weighted by Crippen LogP contribution is -2.16. The summed E-state index contributed by atoms with van der Waals surface area (Å²) >= 11 is 10.9. The second-order valence-electron chi connectivity index (χ2n) is 3.84. The summed E-state index contributed by atoms with van der Waals surface area (Å²) in [6, 6.07) is 11.7. The Labute approximate surface area is 124 Å². The van der Waals surface area contributed by atoms with E-state index in [4.69, 9.17) is 16.9 Å². The van der Waals surface area contributed by atoms with Crippen LogP contribution in [-0.2, 0) is 6.54 Å². The minimum atomic E-state index is 0.670. The van der Waals surface area contributed by atoms with Crippen molar-refractivity contribution in [3.8, 4) is 6.07 Å². The Morgan fingerprint density at radius 3 is 2.78 bits per heavy atom. The van der Waals surface area contributed by atoms with Crippen LogP contribution in [0.2, 0.25) is 4.34 Å². The molecule has 2 nitrogen and oxygen atoms in total. The van der Waals surface area contributed by atoms with Crippen molar-refractivity contribution in [1.82, 2.24) is 0 Å². The normalized spacial score (nSPS) is 10.1. The molecule has 0 saturated carbocycles. The second kappa shape index (κ2) is 5.75. The first-order valence-electron chi connectivity index (χ1n) is 5.25. The van der Waals surface area contributed by atoms with E-state index in [9.17, 15) is 0 Å². The van der Waals surface area contributed by atoms with E-state index in [-0.39, 0.29) is 0 Å². The lowest BCUT2D eigenvalue weighted by molar-refractivity contribution is 0.937. The first kappa shape index (κ1) is 13.4. The van der Waals surface area contributed by atoms with E-state index in [2.05, 4.69) is 22.0 Å². The van der Waals surface area contributed by atoms with Crippen molar-refractivity contribution in [1.29, 1.82) is 5.26 Å². The van der Waals surface area contributed by atoms with Crippen molar-refractivity contribution >= 4 is 44.6 Å². The van der Waals surface area contributed by atoms with Crippen molar-refractivity contribution in [3.63, 3.8) is 0 Å². The zero-order valence-corrected chi connectivity index (χ0v) is 12.8. The molecule has 18 heavy (non-hydrogen) atoms. The quantitative estimate of drug-likeness (QED) is 0.811. The number of nitrogens with zero attached hydrogens (tertiary/aromatic N) is 2. The molecular weight excluding hydrogens is 332 g/mol. The van der Waals surface area contributed by atoms with Gasteiger partial charge in [-0.05, 0) is 30.3 Å². The van der Waals surface area contributed by atoms with Crippen LogP contribution < -0.4 is 4.90 Å². The van der Waals surface area contributed by atoms with Crippen LogP contribution in [0.15, 0.2) is 34.8 Å². The number of rotatable bonds is 3. The zero-order chi connectivity index (χ0) is 13.1. The van der Waals surface area contributed by atoms with Crippen LogP contribution in [0.3, 0.4) is 0 Å². The second-order valence-corrected chi connectivity index (χ2v) is 6.55. The summed E-state index contributed by atoms with van der Waals surface area (Å²) in [5.74, 6) is 0. The highest BCUT2D eigenvalue weighted by atomic mass is 79.9. The average molecular weight is 342 g/mol. The molecule has 0 atom stereocenters. The molecule has 1 aromatic carbocycles. The summed E-state index contributed by atoms with van der Waals surface area (Å²) in [7, 11) is 1.97. The van der Waals surface area contributed by atoms with Crippen molar-refractivity contribution < 1.29 is 0 Å². The summed E-state index contributed by atoms with van der Waals surface area (Å²) < 4.78 is 1.75. The summed E-state index contributed by atoms with van der Waals surface area (Å²) in [5.41, 5.74) is 1.58. The van der Waals surface area contributed by atoms with Gasteiger partial charge in [0.1, 0.15) is 6.07 Å². The van der Waals surface area contributed by atoms with Crippen LogP contribution in [-0.4, -0.2) is 7.05 Å². The molecule has 0 radical (unpaired) electrons. The van der Waals surface area contributed by atoms with E-state index < -0.39 is 0 Å². The van der Waals surface area contributed by atoms with Gasteiger partial charge in [0.2, 0.25) is 0 Å². The van der Waals surface area contributed by atoms with E-state index in [1.54, 1.807) is 11.3 Å². The minimum Gasteiger partial charge on any atom is -0.368 e. The molecule has 2 rings (SSSR count). The fraction of sp³-hybridized carbons (Fsp3) is 0.154. The van der Waals surface area contributed by atoms with Crippen LogP contribution in [0.25, 0.3) is 0 Å². The maximum absolute atomic E-state index is 9.12. The van der Waals surface area contributed by atoms with Gasteiger partial charge in [0.05, 0.1) is 22.1 Å². The van der Waals surface area contributed by atoms with E-state index >= 15 is 0 Å². The molecule has 0 bridgehead atoms. The Kier molecular flexibility index (Phi) is 4.28. The molecular formula is C13H10BrClN2S. The predicted octanol–water partition coefficient (Wildman–Crippen LogP) is 4.67. The molecule has 92 valence electrons. The first-order chi connectivity index (χ1) is 8.60. The van der Waals surface area contributed by atoms with E-state index in [0.717, 1.165) is 21.0 Å². The maximum Gasteiger partial charge on any atom is 0.101 e. The minimum absolute atomic E-state index is 0.670. The highest BCUT2D eigenvalue weighted by Gasteiger charge is 2.09. The fourth-order valence-corrected chi connectivity index (χ4v) is 3.16. The molecule has 0 N–H and O–H groups in total. The molecule has 0 spiro atoms. The van der Waals surface area contributed by atoms with Crippen LogP contribution in [0.5, 0.6) is 0 Å². The third-order valence-corrected chi connectivity index (χ3v) is 4.22. The lowest BCUT2D eigenvalue weighted by Gasteiger charge is -2.20. The van der Waals surface area contributed by atoms with Gasteiger partial charge in [0.25, 0.3) is 0 Å². The first-order valence-corrected chi connectivity index (χ1v) is 7.24. The molecule has 0 aliphatic carbocycles. The topological polar surface area (TPSA) is 27.0 Å². The van der Waals surface area contributed by atoms with Crippen molar-refractivity contribution in [2.24, 2.45) is 0 Å². The van der Waals surface area contributed by atoms with Gasteiger partial charge in [-0.1, -0.05) is 27.5 Å². The number of thiophene rings is 1. The Morgan fingerprint density at radius 1 is 1.39 bits per heavy atom. The van der Waals surface area contributed by atoms with Gasteiger partial charge in [0, 0.05) is 16.4 Å². The molecule has 1 heterocycles. The van der Waals surface area contributed by atoms with Gasteiger partial charge in [-0.25, -0.2) is 0 Å². The number of hydrogen-bond acceptors (Lipinski definition) is 3. The Bertz CT molecular complexity index is 603.